The van der Waals surface area contributed by atoms with Gasteiger partial charge in [0.1, 0.15) is 0 Å². The highest BCUT2D eigenvalue weighted by molar-refractivity contribution is 9.10. The SMILES string of the molecule is O=C(O)CSCC(=O)N1CCC(c2ccccc2Br)CC1. The van der Waals surface area contributed by atoms with Gasteiger partial charge in [0.25, 0.3) is 0 Å². The largest absolute Gasteiger partial charge is 0.481 e. The van der Waals surface area contributed by atoms with Gasteiger partial charge in [-0.25, -0.2) is 0 Å². The van der Waals surface area contributed by atoms with Crippen molar-refractivity contribution in [1.29, 1.82) is 0 Å². The van der Waals surface area contributed by atoms with Crippen molar-refractivity contribution in [2.75, 3.05) is 24.6 Å². The molecule has 6 heteroatoms. The monoisotopic (exact) mass is 371 g/mol. The van der Waals surface area contributed by atoms with Gasteiger partial charge in [-0.05, 0) is 30.4 Å². The summed E-state index contributed by atoms with van der Waals surface area (Å²) < 4.78 is 1.13. The van der Waals surface area contributed by atoms with Crippen LogP contribution in [0.15, 0.2) is 28.7 Å². The molecule has 0 saturated carbocycles. The molecule has 0 atom stereocenters. The average molecular weight is 372 g/mol. The number of likely N-dealkylation sites (tertiary alicyclic amines) is 1. The summed E-state index contributed by atoms with van der Waals surface area (Å²) in [5, 5.41) is 8.57. The van der Waals surface area contributed by atoms with Gasteiger partial charge in [0, 0.05) is 17.6 Å². The first-order valence-corrected chi connectivity index (χ1v) is 8.84. The highest BCUT2D eigenvalue weighted by Crippen LogP contribution is 2.32. The van der Waals surface area contributed by atoms with Crippen molar-refractivity contribution in [3.8, 4) is 0 Å². The number of benzene rings is 1. The van der Waals surface area contributed by atoms with Crippen molar-refractivity contribution in [3.05, 3.63) is 34.3 Å². The van der Waals surface area contributed by atoms with Crippen LogP contribution in [0.4, 0.5) is 0 Å². The number of amides is 1. The van der Waals surface area contributed by atoms with Crippen LogP contribution in [-0.4, -0.2) is 46.5 Å². The molecule has 0 aromatic heterocycles. The highest BCUT2D eigenvalue weighted by atomic mass is 79.9. The van der Waals surface area contributed by atoms with Gasteiger partial charge in [-0.2, -0.15) is 0 Å². The van der Waals surface area contributed by atoms with Crippen molar-refractivity contribution in [2.24, 2.45) is 0 Å². The number of carboxylic acids is 1. The summed E-state index contributed by atoms with van der Waals surface area (Å²) in [4.78, 5) is 24.3. The van der Waals surface area contributed by atoms with Gasteiger partial charge in [0.15, 0.2) is 0 Å². The Hall–Kier alpha value is -1.01. The van der Waals surface area contributed by atoms with Crippen LogP contribution in [0.5, 0.6) is 0 Å². The van der Waals surface area contributed by atoms with Crippen molar-refractivity contribution < 1.29 is 14.7 Å². The van der Waals surface area contributed by atoms with Crippen LogP contribution < -0.4 is 0 Å². The molecule has 0 spiro atoms. The minimum Gasteiger partial charge on any atom is -0.481 e. The maximum atomic E-state index is 12.0. The third-order valence-electron chi connectivity index (χ3n) is 3.64. The Morgan fingerprint density at radius 3 is 2.52 bits per heavy atom. The molecule has 0 unspecified atom stereocenters. The number of piperidine rings is 1. The predicted molar refractivity (Wildman–Crippen MR) is 87.7 cm³/mol. The van der Waals surface area contributed by atoms with E-state index in [-0.39, 0.29) is 17.4 Å². The normalized spacial score (nSPS) is 16.0. The fourth-order valence-corrected chi connectivity index (χ4v) is 3.81. The minimum absolute atomic E-state index is 0.0147. The van der Waals surface area contributed by atoms with E-state index < -0.39 is 5.97 Å². The number of aliphatic carboxylic acids is 1. The van der Waals surface area contributed by atoms with E-state index >= 15 is 0 Å². The molecule has 1 aliphatic rings. The first kappa shape index (κ1) is 16.4. The molecule has 1 aliphatic heterocycles. The second-order valence-corrected chi connectivity index (χ2v) is 6.90. The molecule has 1 aromatic rings. The van der Waals surface area contributed by atoms with E-state index in [1.807, 2.05) is 17.0 Å². The zero-order chi connectivity index (χ0) is 15.2. The molecule has 4 nitrogen and oxygen atoms in total. The molecular weight excluding hydrogens is 354 g/mol. The lowest BCUT2D eigenvalue weighted by molar-refractivity contribution is -0.133. The summed E-state index contributed by atoms with van der Waals surface area (Å²) in [6.07, 6.45) is 1.91. The topological polar surface area (TPSA) is 57.6 Å². The van der Waals surface area contributed by atoms with Crippen LogP contribution in [0.25, 0.3) is 0 Å². The predicted octanol–water partition coefficient (Wildman–Crippen LogP) is 2.97. The highest BCUT2D eigenvalue weighted by Gasteiger charge is 2.24. The second-order valence-electron chi connectivity index (χ2n) is 5.06. The minimum atomic E-state index is -0.875. The van der Waals surface area contributed by atoms with Crippen molar-refractivity contribution in [1.82, 2.24) is 4.90 Å². The van der Waals surface area contributed by atoms with Crippen LogP contribution >= 0.6 is 27.7 Å². The molecule has 1 aromatic carbocycles. The van der Waals surface area contributed by atoms with Crippen LogP contribution in [0.1, 0.15) is 24.3 Å². The molecule has 114 valence electrons. The lowest BCUT2D eigenvalue weighted by Crippen LogP contribution is -2.39. The number of carbonyl (C=O) groups is 2. The van der Waals surface area contributed by atoms with Gasteiger partial charge in [-0.3, -0.25) is 9.59 Å². The first-order valence-electron chi connectivity index (χ1n) is 6.89. The summed E-state index contributed by atoms with van der Waals surface area (Å²) in [6, 6.07) is 8.23. The zero-order valence-corrected chi connectivity index (χ0v) is 14.0. The van der Waals surface area contributed by atoms with E-state index in [1.54, 1.807) is 0 Å². The van der Waals surface area contributed by atoms with E-state index in [4.69, 9.17) is 5.11 Å². The zero-order valence-electron chi connectivity index (χ0n) is 11.6. The average Bonchev–Trinajstić information content (AvgIpc) is 2.47. The van der Waals surface area contributed by atoms with E-state index in [0.717, 1.165) is 42.2 Å². The van der Waals surface area contributed by atoms with E-state index in [9.17, 15) is 9.59 Å². The standard InChI is InChI=1S/C15H18BrNO3S/c16-13-4-2-1-3-12(13)11-5-7-17(8-6-11)14(18)9-21-10-15(19)20/h1-4,11H,5-10H2,(H,19,20). The quantitative estimate of drug-likeness (QED) is 0.864. The lowest BCUT2D eigenvalue weighted by atomic mass is 9.89. The molecule has 0 bridgehead atoms. The number of carbonyl (C=O) groups excluding carboxylic acids is 1. The smallest absolute Gasteiger partial charge is 0.313 e. The summed E-state index contributed by atoms with van der Waals surface area (Å²) in [6.45, 7) is 1.50. The number of nitrogens with zero attached hydrogens (tertiary/aromatic N) is 1. The van der Waals surface area contributed by atoms with Crippen LogP contribution in [0.2, 0.25) is 0 Å². The fraction of sp³-hybridized carbons (Fsp3) is 0.467. The van der Waals surface area contributed by atoms with Gasteiger partial charge >= 0.3 is 5.97 Å². The summed E-state index contributed by atoms with van der Waals surface area (Å²) in [5.74, 6) is -0.103. The fourth-order valence-electron chi connectivity index (χ4n) is 2.56. The molecule has 1 amide bonds. The van der Waals surface area contributed by atoms with Gasteiger partial charge in [0.05, 0.1) is 11.5 Å². The first-order chi connectivity index (χ1) is 10.1. The van der Waals surface area contributed by atoms with Crippen molar-refractivity contribution >= 4 is 39.6 Å². The second kappa shape index (κ2) is 7.84. The molecule has 1 N–H and O–H groups in total. The number of carboxylic acid groups (broad SMARTS) is 1. The molecule has 0 aliphatic carbocycles. The van der Waals surface area contributed by atoms with Crippen LogP contribution in [0.3, 0.4) is 0 Å². The molecular formula is C15H18BrNO3S. The Morgan fingerprint density at radius 2 is 1.90 bits per heavy atom. The van der Waals surface area contributed by atoms with Gasteiger partial charge < -0.3 is 10.0 Å². The van der Waals surface area contributed by atoms with Crippen molar-refractivity contribution in [3.63, 3.8) is 0 Å². The van der Waals surface area contributed by atoms with E-state index in [2.05, 4.69) is 28.1 Å². The lowest BCUT2D eigenvalue weighted by Gasteiger charge is -2.32. The van der Waals surface area contributed by atoms with Crippen LogP contribution in [-0.2, 0) is 9.59 Å². The Balaban J connectivity index is 1.82. The Morgan fingerprint density at radius 1 is 1.24 bits per heavy atom. The molecule has 0 radical (unpaired) electrons. The Bertz CT molecular complexity index is 515. The molecule has 2 rings (SSSR count). The Labute approximate surface area is 137 Å². The molecule has 1 fully saturated rings. The van der Waals surface area contributed by atoms with Gasteiger partial charge in [-0.1, -0.05) is 34.1 Å². The van der Waals surface area contributed by atoms with E-state index in [0.29, 0.717) is 5.92 Å². The summed E-state index contributed by atoms with van der Waals surface area (Å²) >= 11 is 4.75. The van der Waals surface area contributed by atoms with Crippen molar-refractivity contribution in [2.45, 2.75) is 18.8 Å². The number of hydrogen-bond donors (Lipinski definition) is 1. The third-order valence-corrected chi connectivity index (χ3v) is 5.27. The maximum absolute atomic E-state index is 12.0. The maximum Gasteiger partial charge on any atom is 0.313 e. The Kier molecular flexibility index (Phi) is 6.11. The van der Waals surface area contributed by atoms with Crippen LogP contribution in [0, 0.1) is 0 Å². The number of hydrogen-bond acceptors (Lipinski definition) is 3. The number of thioether (sulfide) groups is 1. The summed E-state index contributed by atoms with van der Waals surface area (Å²) in [5.41, 5.74) is 1.31. The van der Waals surface area contributed by atoms with Gasteiger partial charge in [0.2, 0.25) is 5.91 Å². The van der Waals surface area contributed by atoms with E-state index in [1.165, 1.54) is 5.56 Å². The third kappa shape index (κ3) is 4.74. The van der Waals surface area contributed by atoms with Gasteiger partial charge in [-0.15, -0.1) is 11.8 Å². The summed E-state index contributed by atoms with van der Waals surface area (Å²) in [7, 11) is 0. The number of rotatable bonds is 5. The molecule has 1 heterocycles. The molecule has 21 heavy (non-hydrogen) atoms. The molecule has 1 saturated heterocycles. The number of halogens is 1.